The van der Waals surface area contributed by atoms with Gasteiger partial charge in [-0.15, -0.1) is 10.2 Å². The van der Waals surface area contributed by atoms with Crippen LogP contribution >= 0.6 is 0 Å². The van der Waals surface area contributed by atoms with Gasteiger partial charge in [0.2, 0.25) is 0 Å². The lowest BCUT2D eigenvalue weighted by molar-refractivity contribution is 0.508. The monoisotopic (exact) mass is 338 g/mol. The summed E-state index contributed by atoms with van der Waals surface area (Å²) >= 11 is 0. The Morgan fingerprint density at radius 1 is 1.04 bits per heavy atom. The molecule has 0 atom stereocenters. The molecule has 4 heteroatoms. The lowest BCUT2D eigenvalue weighted by Crippen LogP contribution is -2.26. The summed E-state index contributed by atoms with van der Waals surface area (Å²) in [6, 6.07) is 10.5. The molecule has 134 valence electrons. The topological polar surface area (TPSA) is 43.1 Å². The first kappa shape index (κ1) is 19.1. The van der Waals surface area contributed by atoms with Gasteiger partial charge in [0, 0.05) is 18.5 Å². The summed E-state index contributed by atoms with van der Waals surface area (Å²) in [6.07, 6.45) is 7.30. The van der Waals surface area contributed by atoms with Crippen LogP contribution in [0.3, 0.4) is 0 Å². The smallest absolute Gasteiger partial charge is 0.144 e. The van der Waals surface area contributed by atoms with Crippen LogP contribution in [-0.4, -0.2) is 21.0 Å². The van der Waals surface area contributed by atoms with Crippen LogP contribution in [0.15, 0.2) is 47.1 Å². The number of hydrogen-bond acceptors (Lipinski definition) is 3. The number of aliphatic imine (C=N–C) groups is 1. The molecule has 0 radical (unpaired) electrons. The van der Waals surface area contributed by atoms with Crippen LogP contribution in [0.25, 0.3) is 0 Å². The van der Waals surface area contributed by atoms with E-state index >= 15 is 0 Å². The second kappa shape index (κ2) is 8.75. The molecule has 0 bridgehead atoms. The molecule has 2 heterocycles. The number of hydrogen-bond donors (Lipinski definition) is 0. The van der Waals surface area contributed by atoms with Crippen molar-refractivity contribution in [3.8, 4) is 0 Å². The minimum absolute atomic E-state index is 0.227. The third-order valence-corrected chi connectivity index (χ3v) is 4.47. The Hall–Kier alpha value is -2.23. The molecule has 0 spiro atoms. The number of nitrogens with zero attached hydrogens (tertiary/aromatic N) is 4. The van der Waals surface area contributed by atoms with E-state index in [0.717, 1.165) is 43.2 Å². The summed E-state index contributed by atoms with van der Waals surface area (Å²) in [5.41, 5.74) is 2.20. The van der Waals surface area contributed by atoms with E-state index in [1.807, 2.05) is 27.0 Å². The SMILES string of the molecule is CC.Cc1nnc(C(C)(C)C2=CCCC=N2)n1CCc1ccccc1. The maximum absolute atomic E-state index is 4.60. The Balaban J connectivity index is 0.00000109. The molecular formula is C21H30N4. The van der Waals surface area contributed by atoms with Gasteiger partial charge in [-0.05, 0) is 45.6 Å². The molecule has 3 rings (SSSR count). The van der Waals surface area contributed by atoms with Crippen molar-refractivity contribution in [2.24, 2.45) is 4.99 Å². The standard InChI is InChI=1S/C19H24N4.C2H6/c1-15-21-22-18(19(2,3)17-11-7-8-13-20-17)23(15)14-12-16-9-5-4-6-10-16;1-2/h4-6,9-11,13H,7-8,12,14H2,1-3H3;1-2H3. The van der Waals surface area contributed by atoms with Crippen molar-refractivity contribution >= 4 is 6.21 Å². The van der Waals surface area contributed by atoms with Gasteiger partial charge in [0.1, 0.15) is 11.6 Å². The molecule has 0 saturated carbocycles. The fraction of sp³-hybridized carbons (Fsp3) is 0.476. The number of rotatable bonds is 5. The highest BCUT2D eigenvalue weighted by Crippen LogP contribution is 2.33. The third-order valence-electron chi connectivity index (χ3n) is 4.47. The first-order valence-corrected chi connectivity index (χ1v) is 9.26. The minimum Gasteiger partial charge on any atom is -0.314 e. The first-order chi connectivity index (χ1) is 12.1. The first-order valence-electron chi connectivity index (χ1n) is 9.26. The van der Waals surface area contributed by atoms with E-state index in [1.165, 1.54) is 5.56 Å². The molecule has 0 amide bonds. The highest BCUT2D eigenvalue weighted by molar-refractivity contribution is 5.61. The fourth-order valence-corrected chi connectivity index (χ4v) is 3.04. The van der Waals surface area contributed by atoms with Crippen molar-refractivity contribution in [3.63, 3.8) is 0 Å². The lowest BCUT2D eigenvalue weighted by atomic mass is 9.86. The molecule has 0 saturated heterocycles. The van der Waals surface area contributed by atoms with Crippen LogP contribution in [0, 0.1) is 6.92 Å². The second-order valence-corrected chi connectivity index (χ2v) is 6.56. The largest absolute Gasteiger partial charge is 0.314 e. The number of allylic oxidation sites excluding steroid dienone is 2. The van der Waals surface area contributed by atoms with E-state index in [0.29, 0.717) is 0 Å². The molecule has 4 nitrogen and oxygen atoms in total. The molecule has 1 aromatic heterocycles. The quantitative estimate of drug-likeness (QED) is 0.779. The zero-order valence-electron chi connectivity index (χ0n) is 16.2. The molecule has 0 fully saturated rings. The molecule has 0 unspecified atom stereocenters. The van der Waals surface area contributed by atoms with Crippen molar-refractivity contribution in [1.29, 1.82) is 0 Å². The predicted molar refractivity (Wildman–Crippen MR) is 105 cm³/mol. The number of aromatic nitrogens is 3. The summed E-state index contributed by atoms with van der Waals surface area (Å²) in [6.45, 7) is 11.3. The van der Waals surface area contributed by atoms with Gasteiger partial charge in [0.05, 0.1) is 5.41 Å². The molecule has 2 aromatic rings. The predicted octanol–water partition coefficient (Wildman–Crippen LogP) is 4.88. The molecule has 25 heavy (non-hydrogen) atoms. The summed E-state index contributed by atoms with van der Waals surface area (Å²) in [5, 5.41) is 8.80. The molecular weight excluding hydrogens is 308 g/mol. The van der Waals surface area contributed by atoms with Gasteiger partial charge in [-0.1, -0.05) is 50.3 Å². The van der Waals surface area contributed by atoms with Gasteiger partial charge in [-0.25, -0.2) is 0 Å². The maximum Gasteiger partial charge on any atom is 0.144 e. The van der Waals surface area contributed by atoms with E-state index in [-0.39, 0.29) is 5.41 Å². The van der Waals surface area contributed by atoms with E-state index in [9.17, 15) is 0 Å². The molecule has 0 aliphatic carbocycles. The summed E-state index contributed by atoms with van der Waals surface area (Å²) in [5.74, 6) is 1.96. The van der Waals surface area contributed by atoms with Crippen molar-refractivity contribution in [2.75, 3.05) is 0 Å². The molecule has 1 aliphatic rings. The second-order valence-electron chi connectivity index (χ2n) is 6.56. The van der Waals surface area contributed by atoms with Crippen LogP contribution in [-0.2, 0) is 18.4 Å². The highest BCUT2D eigenvalue weighted by atomic mass is 15.3. The average Bonchev–Trinajstić information content (AvgIpc) is 3.04. The zero-order valence-corrected chi connectivity index (χ0v) is 16.2. The van der Waals surface area contributed by atoms with Gasteiger partial charge in [0.25, 0.3) is 0 Å². The Kier molecular flexibility index (Phi) is 6.68. The van der Waals surface area contributed by atoms with Gasteiger partial charge in [-0.2, -0.15) is 0 Å². The van der Waals surface area contributed by atoms with Gasteiger partial charge >= 0.3 is 0 Å². The Bertz CT molecular complexity index is 724. The maximum atomic E-state index is 4.60. The highest BCUT2D eigenvalue weighted by Gasteiger charge is 2.32. The summed E-state index contributed by atoms with van der Waals surface area (Å²) in [7, 11) is 0. The van der Waals surface area contributed by atoms with Crippen molar-refractivity contribution < 1.29 is 0 Å². The Labute approximate surface area is 151 Å². The number of benzene rings is 1. The zero-order chi connectivity index (χ0) is 18.3. The lowest BCUT2D eigenvalue weighted by Gasteiger charge is -2.26. The van der Waals surface area contributed by atoms with E-state index in [4.69, 9.17) is 0 Å². The average molecular weight is 338 g/mol. The van der Waals surface area contributed by atoms with Gasteiger partial charge < -0.3 is 4.57 Å². The van der Waals surface area contributed by atoms with Crippen LogP contribution in [0.1, 0.15) is 57.7 Å². The normalized spacial score (nSPS) is 13.9. The minimum atomic E-state index is -0.227. The van der Waals surface area contributed by atoms with Gasteiger partial charge in [0.15, 0.2) is 0 Å². The fourth-order valence-electron chi connectivity index (χ4n) is 3.04. The van der Waals surface area contributed by atoms with Crippen molar-refractivity contribution in [2.45, 2.75) is 65.8 Å². The van der Waals surface area contributed by atoms with E-state index < -0.39 is 0 Å². The van der Waals surface area contributed by atoms with Gasteiger partial charge in [-0.3, -0.25) is 4.99 Å². The summed E-state index contributed by atoms with van der Waals surface area (Å²) in [4.78, 5) is 4.60. The molecule has 1 aliphatic heterocycles. The van der Waals surface area contributed by atoms with E-state index in [2.05, 4.69) is 70.0 Å². The van der Waals surface area contributed by atoms with Crippen molar-refractivity contribution in [3.05, 3.63) is 59.3 Å². The Morgan fingerprint density at radius 3 is 2.40 bits per heavy atom. The van der Waals surface area contributed by atoms with Crippen LogP contribution in [0.5, 0.6) is 0 Å². The van der Waals surface area contributed by atoms with Crippen LogP contribution in [0.4, 0.5) is 0 Å². The summed E-state index contributed by atoms with van der Waals surface area (Å²) < 4.78 is 2.23. The molecule has 0 N–H and O–H groups in total. The Morgan fingerprint density at radius 2 is 1.76 bits per heavy atom. The van der Waals surface area contributed by atoms with Crippen molar-refractivity contribution in [1.82, 2.24) is 14.8 Å². The molecule has 1 aromatic carbocycles. The van der Waals surface area contributed by atoms with E-state index in [1.54, 1.807) is 0 Å². The van der Waals surface area contributed by atoms with Crippen LogP contribution < -0.4 is 0 Å². The van der Waals surface area contributed by atoms with Crippen LogP contribution in [0.2, 0.25) is 0 Å². The number of aryl methyl sites for hydroxylation is 2. The third kappa shape index (κ3) is 4.44.